The molecular weight excluding hydrogens is 278 g/mol. The summed E-state index contributed by atoms with van der Waals surface area (Å²) in [6.07, 6.45) is 0.611. The highest BCUT2D eigenvalue weighted by atomic mass is 16.6. The minimum atomic E-state index is -0.478. The van der Waals surface area contributed by atoms with E-state index in [0.717, 1.165) is 17.7 Å². The van der Waals surface area contributed by atoms with Gasteiger partial charge in [-0.2, -0.15) is 5.26 Å². The maximum Gasteiger partial charge on any atom is 0.410 e. The van der Waals surface area contributed by atoms with Crippen molar-refractivity contribution in [3.05, 3.63) is 29.3 Å². The normalized spacial score (nSPS) is 23.1. The standard InChI is InChI=1S/C17H21N3O2/c1-17(2,3)22-16(21)20-8-7-14-13(10-20)12-6-4-5-11(9-18)15(12)19-14/h4-6,13-14,19H,7-8,10H2,1-3H3/t13-,14-/m1/s1. The van der Waals surface area contributed by atoms with Crippen LogP contribution in [0.3, 0.4) is 0 Å². The molecule has 1 aromatic rings. The zero-order chi connectivity index (χ0) is 15.9. The lowest BCUT2D eigenvalue weighted by Crippen LogP contribution is -2.46. The molecule has 0 unspecified atom stereocenters. The van der Waals surface area contributed by atoms with Crippen LogP contribution in [0.25, 0.3) is 0 Å². The number of benzene rings is 1. The average Bonchev–Trinajstić information content (AvgIpc) is 2.83. The number of nitrogens with one attached hydrogen (secondary N) is 1. The predicted molar refractivity (Wildman–Crippen MR) is 83.7 cm³/mol. The number of para-hydroxylation sites is 1. The summed E-state index contributed by atoms with van der Waals surface area (Å²) in [5, 5.41) is 12.7. The molecule has 2 aliphatic heterocycles. The third kappa shape index (κ3) is 2.61. The van der Waals surface area contributed by atoms with Crippen LogP contribution >= 0.6 is 0 Å². The fraction of sp³-hybridized carbons (Fsp3) is 0.529. The second-order valence-corrected chi connectivity index (χ2v) is 6.95. The van der Waals surface area contributed by atoms with Crippen LogP contribution in [0, 0.1) is 11.3 Å². The Labute approximate surface area is 130 Å². The van der Waals surface area contributed by atoms with Crippen molar-refractivity contribution in [1.29, 1.82) is 5.26 Å². The van der Waals surface area contributed by atoms with Gasteiger partial charge in [-0.3, -0.25) is 0 Å². The first-order valence-electron chi connectivity index (χ1n) is 7.66. The van der Waals surface area contributed by atoms with Gasteiger partial charge in [-0.05, 0) is 38.8 Å². The molecule has 1 saturated heterocycles. The van der Waals surface area contributed by atoms with Gasteiger partial charge < -0.3 is 15.0 Å². The lowest BCUT2D eigenvalue weighted by Gasteiger charge is -2.36. The highest BCUT2D eigenvalue weighted by Crippen LogP contribution is 2.41. The van der Waals surface area contributed by atoms with Gasteiger partial charge in [0.25, 0.3) is 0 Å². The zero-order valence-corrected chi connectivity index (χ0v) is 13.2. The number of hydrogen-bond acceptors (Lipinski definition) is 4. The summed E-state index contributed by atoms with van der Waals surface area (Å²) >= 11 is 0. The van der Waals surface area contributed by atoms with E-state index in [4.69, 9.17) is 4.74 Å². The first kappa shape index (κ1) is 14.7. The molecule has 1 fully saturated rings. The van der Waals surface area contributed by atoms with Gasteiger partial charge in [0.05, 0.1) is 11.3 Å². The topological polar surface area (TPSA) is 65.4 Å². The van der Waals surface area contributed by atoms with Gasteiger partial charge in [-0.15, -0.1) is 0 Å². The molecule has 2 aliphatic rings. The third-order valence-corrected chi connectivity index (χ3v) is 4.21. The summed E-state index contributed by atoms with van der Waals surface area (Å²) in [5.74, 6) is 0.226. The van der Waals surface area contributed by atoms with Crippen LogP contribution in [-0.4, -0.2) is 35.7 Å². The van der Waals surface area contributed by atoms with E-state index in [2.05, 4.69) is 11.4 Å². The number of fused-ring (bicyclic) bond motifs is 3. The van der Waals surface area contributed by atoms with Gasteiger partial charge in [0.2, 0.25) is 0 Å². The SMILES string of the molecule is CC(C)(C)OC(=O)N1CC[C@H]2Nc3c(C#N)cccc3[C@H]2C1. The molecule has 0 spiro atoms. The van der Waals surface area contributed by atoms with Crippen LogP contribution in [0.4, 0.5) is 10.5 Å². The first-order chi connectivity index (χ1) is 10.4. The summed E-state index contributed by atoms with van der Waals surface area (Å²) in [6, 6.07) is 8.32. The second kappa shape index (κ2) is 5.20. The fourth-order valence-electron chi connectivity index (χ4n) is 3.25. The number of rotatable bonds is 0. The third-order valence-electron chi connectivity index (χ3n) is 4.21. The van der Waals surface area contributed by atoms with E-state index in [1.165, 1.54) is 0 Å². The highest BCUT2D eigenvalue weighted by molar-refractivity contribution is 5.71. The molecule has 2 heterocycles. The summed E-state index contributed by atoms with van der Waals surface area (Å²) < 4.78 is 5.47. The Balaban J connectivity index is 1.80. The summed E-state index contributed by atoms with van der Waals surface area (Å²) in [4.78, 5) is 14.0. The van der Waals surface area contributed by atoms with E-state index in [9.17, 15) is 10.1 Å². The lowest BCUT2D eigenvalue weighted by atomic mass is 9.89. The monoisotopic (exact) mass is 299 g/mol. The van der Waals surface area contributed by atoms with Crippen LogP contribution in [0.5, 0.6) is 0 Å². The van der Waals surface area contributed by atoms with Gasteiger partial charge >= 0.3 is 6.09 Å². The number of piperidine rings is 1. The van der Waals surface area contributed by atoms with Gasteiger partial charge in [0.1, 0.15) is 11.7 Å². The molecular formula is C17H21N3O2. The van der Waals surface area contributed by atoms with Crippen molar-refractivity contribution in [2.45, 2.75) is 44.8 Å². The van der Waals surface area contributed by atoms with Gasteiger partial charge in [-0.1, -0.05) is 12.1 Å². The molecule has 116 valence electrons. The smallest absolute Gasteiger partial charge is 0.410 e. The maximum atomic E-state index is 12.3. The van der Waals surface area contributed by atoms with E-state index in [1.54, 1.807) is 4.90 Å². The molecule has 0 radical (unpaired) electrons. The Hall–Kier alpha value is -2.22. The number of amides is 1. The largest absolute Gasteiger partial charge is 0.444 e. The number of nitrogens with zero attached hydrogens (tertiary/aromatic N) is 2. The molecule has 1 amide bonds. The van der Waals surface area contributed by atoms with Gasteiger partial charge in [0, 0.05) is 25.0 Å². The van der Waals surface area contributed by atoms with Crippen molar-refractivity contribution >= 4 is 11.8 Å². The Morgan fingerprint density at radius 2 is 2.23 bits per heavy atom. The van der Waals surface area contributed by atoms with Crippen LogP contribution in [0.2, 0.25) is 0 Å². The van der Waals surface area contributed by atoms with Crippen molar-refractivity contribution in [2.24, 2.45) is 0 Å². The Bertz CT molecular complexity index is 642. The van der Waals surface area contributed by atoms with E-state index in [1.807, 2.05) is 39.0 Å². The summed E-state index contributed by atoms with van der Waals surface area (Å²) in [7, 11) is 0. The van der Waals surface area contributed by atoms with Gasteiger partial charge in [-0.25, -0.2) is 4.79 Å². The van der Waals surface area contributed by atoms with Crippen molar-refractivity contribution in [1.82, 2.24) is 4.90 Å². The van der Waals surface area contributed by atoms with Crippen LogP contribution in [0.15, 0.2) is 18.2 Å². The van der Waals surface area contributed by atoms with Crippen molar-refractivity contribution < 1.29 is 9.53 Å². The number of nitriles is 1. The second-order valence-electron chi connectivity index (χ2n) is 6.95. The maximum absolute atomic E-state index is 12.3. The molecule has 22 heavy (non-hydrogen) atoms. The van der Waals surface area contributed by atoms with E-state index in [-0.39, 0.29) is 12.0 Å². The van der Waals surface area contributed by atoms with Crippen LogP contribution in [-0.2, 0) is 4.74 Å². The molecule has 5 nitrogen and oxygen atoms in total. The molecule has 1 N–H and O–H groups in total. The van der Waals surface area contributed by atoms with Crippen molar-refractivity contribution in [3.63, 3.8) is 0 Å². The van der Waals surface area contributed by atoms with Gasteiger partial charge in [0.15, 0.2) is 0 Å². The predicted octanol–water partition coefficient (Wildman–Crippen LogP) is 3.08. The number of ether oxygens (including phenoxy) is 1. The van der Waals surface area contributed by atoms with Crippen molar-refractivity contribution in [2.75, 3.05) is 18.4 Å². The summed E-state index contributed by atoms with van der Waals surface area (Å²) in [6.45, 7) is 6.95. The lowest BCUT2D eigenvalue weighted by molar-refractivity contribution is 0.0195. The molecule has 5 heteroatoms. The minimum Gasteiger partial charge on any atom is -0.444 e. The Kier molecular flexibility index (Phi) is 3.48. The molecule has 3 rings (SSSR count). The van der Waals surface area contributed by atoms with E-state index >= 15 is 0 Å². The van der Waals surface area contributed by atoms with Crippen LogP contribution < -0.4 is 5.32 Å². The van der Waals surface area contributed by atoms with Crippen molar-refractivity contribution in [3.8, 4) is 6.07 Å². The molecule has 1 aromatic carbocycles. The highest BCUT2D eigenvalue weighted by Gasteiger charge is 2.39. The first-order valence-corrected chi connectivity index (χ1v) is 7.66. The molecule has 0 bridgehead atoms. The van der Waals surface area contributed by atoms with Crippen LogP contribution in [0.1, 0.15) is 44.2 Å². The number of carbonyl (C=O) groups excluding carboxylic acids is 1. The molecule has 2 atom stereocenters. The summed E-state index contributed by atoms with van der Waals surface area (Å²) in [5.41, 5.74) is 2.27. The number of likely N-dealkylation sites (tertiary alicyclic amines) is 1. The molecule has 0 aliphatic carbocycles. The molecule has 0 aromatic heterocycles. The Morgan fingerprint density at radius 3 is 2.91 bits per heavy atom. The quantitative estimate of drug-likeness (QED) is 0.799. The number of carbonyl (C=O) groups is 1. The number of hydrogen-bond donors (Lipinski definition) is 1. The minimum absolute atomic E-state index is 0.226. The zero-order valence-electron chi connectivity index (χ0n) is 13.2. The Morgan fingerprint density at radius 1 is 1.45 bits per heavy atom. The average molecular weight is 299 g/mol. The number of anilines is 1. The van der Waals surface area contributed by atoms with E-state index < -0.39 is 5.60 Å². The molecule has 0 saturated carbocycles. The van der Waals surface area contributed by atoms with E-state index in [0.29, 0.717) is 24.7 Å². The fourth-order valence-corrected chi connectivity index (χ4v) is 3.25.